The molecule has 1 aromatic carbocycles. The van der Waals surface area contributed by atoms with Gasteiger partial charge < -0.3 is 0 Å². The van der Waals surface area contributed by atoms with Crippen molar-refractivity contribution in [3.8, 4) is 0 Å². The van der Waals surface area contributed by atoms with Gasteiger partial charge in [-0.05, 0) is 12.0 Å². The molecule has 0 saturated heterocycles. The Kier molecular flexibility index (Phi) is 3.33. The van der Waals surface area contributed by atoms with Gasteiger partial charge in [0, 0.05) is 13.5 Å². The molecule has 2 heteroatoms. The molecular weight excluding hydrogens is 150 g/mol. The zero-order valence-corrected chi connectivity index (χ0v) is 7.16. The zero-order chi connectivity index (χ0) is 8.81. The molecular formula is C10H12NO. The van der Waals surface area contributed by atoms with Gasteiger partial charge in [0.2, 0.25) is 5.91 Å². The van der Waals surface area contributed by atoms with Crippen molar-refractivity contribution in [2.75, 3.05) is 7.05 Å². The fourth-order valence-corrected chi connectivity index (χ4v) is 1.01. The lowest BCUT2D eigenvalue weighted by Crippen LogP contribution is -2.10. The van der Waals surface area contributed by atoms with Crippen molar-refractivity contribution in [3.05, 3.63) is 35.9 Å². The van der Waals surface area contributed by atoms with Crippen LogP contribution in [0.3, 0.4) is 0 Å². The molecule has 1 amide bonds. The molecule has 0 aliphatic heterocycles. The Morgan fingerprint density at radius 1 is 1.33 bits per heavy atom. The molecule has 0 atom stereocenters. The molecule has 0 saturated carbocycles. The lowest BCUT2D eigenvalue weighted by molar-refractivity contribution is -0.120. The smallest absolute Gasteiger partial charge is 0.241 e. The van der Waals surface area contributed by atoms with Crippen LogP contribution in [0, 0.1) is 0 Å². The van der Waals surface area contributed by atoms with Crippen molar-refractivity contribution in [2.45, 2.75) is 12.8 Å². The molecule has 0 N–H and O–H groups in total. The minimum absolute atomic E-state index is 0.0288. The second kappa shape index (κ2) is 4.54. The van der Waals surface area contributed by atoms with Gasteiger partial charge in [0.25, 0.3) is 0 Å². The van der Waals surface area contributed by atoms with Crippen LogP contribution in [0.5, 0.6) is 0 Å². The molecule has 0 heterocycles. The fraction of sp³-hybridized carbons (Fsp3) is 0.300. The molecule has 0 aromatic heterocycles. The van der Waals surface area contributed by atoms with E-state index in [1.54, 1.807) is 0 Å². The number of hydrogen-bond donors (Lipinski definition) is 0. The van der Waals surface area contributed by atoms with E-state index in [1.165, 1.54) is 12.6 Å². The number of carbonyl (C=O) groups is 1. The lowest BCUT2D eigenvalue weighted by atomic mass is 10.1. The van der Waals surface area contributed by atoms with E-state index in [0.29, 0.717) is 6.42 Å². The Labute approximate surface area is 72.6 Å². The summed E-state index contributed by atoms with van der Waals surface area (Å²) >= 11 is 0. The summed E-state index contributed by atoms with van der Waals surface area (Å²) in [6, 6.07) is 9.95. The van der Waals surface area contributed by atoms with Crippen LogP contribution in [0.1, 0.15) is 12.0 Å². The number of amides is 1. The van der Waals surface area contributed by atoms with E-state index in [0.717, 1.165) is 6.42 Å². The van der Waals surface area contributed by atoms with Crippen molar-refractivity contribution < 1.29 is 4.79 Å². The van der Waals surface area contributed by atoms with Gasteiger partial charge >= 0.3 is 0 Å². The van der Waals surface area contributed by atoms with Crippen molar-refractivity contribution in [1.82, 2.24) is 5.32 Å². The number of nitrogens with zero attached hydrogens (tertiary/aromatic N) is 1. The van der Waals surface area contributed by atoms with Gasteiger partial charge in [0.05, 0.1) is 0 Å². The van der Waals surface area contributed by atoms with Gasteiger partial charge in [-0.3, -0.25) is 10.1 Å². The van der Waals surface area contributed by atoms with Crippen LogP contribution >= 0.6 is 0 Å². The number of benzene rings is 1. The Hall–Kier alpha value is -1.31. The van der Waals surface area contributed by atoms with Gasteiger partial charge in [-0.2, -0.15) is 0 Å². The summed E-state index contributed by atoms with van der Waals surface area (Å²) in [4.78, 5) is 10.8. The molecule has 1 radical (unpaired) electrons. The largest absolute Gasteiger partial charge is 0.273 e. The van der Waals surface area contributed by atoms with Crippen LogP contribution < -0.4 is 5.32 Å². The molecule has 0 spiro atoms. The number of rotatable bonds is 3. The normalized spacial score (nSPS) is 9.42. The van der Waals surface area contributed by atoms with Crippen LogP contribution in [-0.4, -0.2) is 13.0 Å². The van der Waals surface area contributed by atoms with E-state index >= 15 is 0 Å². The third-order valence-electron chi connectivity index (χ3n) is 1.72. The third kappa shape index (κ3) is 2.74. The second-order valence-corrected chi connectivity index (χ2v) is 2.60. The minimum Gasteiger partial charge on any atom is -0.273 e. The first-order valence-corrected chi connectivity index (χ1v) is 3.99. The van der Waals surface area contributed by atoms with E-state index in [9.17, 15) is 4.79 Å². The Balaban J connectivity index is 2.38. The molecule has 2 nitrogen and oxygen atoms in total. The van der Waals surface area contributed by atoms with Gasteiger partial charge in [0.15, 0.2) is 0 Å². The second-order valence-electron chi connectivity index (χ2n) is 2.60. The van der Waals surface area contributed by atoms with Crippen molar-refractivity contribution in [1.29, 1.82) is 0 Å². The van der Waals surface area contributed by atoms with Crippen LogP contribution in [0.25, 0.3) is 0 Å². The number of carbonyl (C=O) groups excluding carboxylic acids is 1. The molecule has 0 bridgehead atoms. The predicted octanol–water partition coefficient (Wildman–Crippen LogP) is 1.38. The average molecular weight is 162 g/mol. The summed E-state index contributed by atoms with van der Waals surface area (Å²) < 4.78 is 0. The molecule has 1 rings (SSSR count). The first-order valence-electron chi connectivity index (χ1n) is 3.99. The quantitative estimate of drug-likeness (QED) is 0.660. The molecule has 0 aliphatic rings. The summed E-state index contributed by atoms with van der Waals surface area (Å²) in [5.41, 5.74) is 1.19. The van der Waals surface area contributed by atoms with Gasteiger partial charge in [0.1, 0.15) is 0 Å². The predicted molar refractivity (Wildman–Crippen MR) is 47.8 cm³/mol. The summed E-state index contributed by atoms with van der Waals surface area (Å²) in [7, 11) is 1.54. The van der Waals surface area contributed by atoms with E-state index in [4.69, 9.17) is 0 Å². The molecule has 1 aromatic rings. The Morgan fingerprint density at radius 3 is 2.58 bits per heavy atom. The van der Waals surface area contributed by atoms with Crippen LogP contribution in [0.2, 0.25) is 0 Å². The SMILES string of the molecule is C[N]C(=O)CCc1ccccc1. The first kappa shape index (κ1) is 8.78. The van der Waals surface area contributed by atoms with Crippen LogP contribution in [0.15, 0.2) is 30.3 Å². The summed E-state index contributed by atoms with van der Waals surface area (Å²) in [5.74, 6) is -0.0288. The lowest BCUT2D eigenvalue weighted by Gasteiger charge is -1.97. The maximum Gasteiger partial charge on any atom is 0.241 e. The van der Waals surface area contributed by atoms with Crippen LogP contribution in [-0.2, 0) is 11.2 Å². The van der Waals surface area contributed by atoms with Crippen LogP contribution in [0.4, 0.5) is 0 Å². The molecule has 0 unspecified atom stereocenters. The highest BCUT2D eigenvalue weighted by molar-refractivity contribution is 5.75. The van der Waals surface area contributed by atoms with E-state index in [-0.39, 0.29) is 5.91 Å². The number of aryl methyl sites for hydroxylation is 1. The zero-order valence-electron chi connectivity index (χ0n) is 7.16. The van der Waals surface area contributed by atoms with Crippen molar-refractivity contribution in [3.63, 3.8) is 0 Å². The van der Waals surface area contributed by atoms with Gasteiger partial charge in [-0.15, -0.1) is 0 Å². The number of hydrogen-bond acceptors (Lipinski definition) is 1. The van der Waals surface area contributed by atoms with E-state index in [1.807, 2.05) is 30.3 Å². The maximum atomic E-state index is 10.8. The summed E-state index contributed by atoms with van der Waals surface area (Å²) in [6.07, 6.45) is 1.30. The molecule has 0 fully saturated rings. The van der Waals surface area contributed by atoms with Gasteiger partial charge in [-0.1, -0.05) is 30.3 Å². The van der Waals surface area contributed by atoms with E-state index < -0.39 is 0 Å². The summed E-state index contributed by atoms with van der Waals surface area (Å²) in [5, 5.41) is 3.56. The highest BCUT2D eigenvalue weighted by Crippen LogP contribution is 2.01. The molecule has 63 valence electrons. The van der Waals surface area contributed by atoms with E-state index in [2.05, 4.69) is 5.32 Å². The fourth-order valence-electron chi connectivity index (χ4n) is 1.01. The first-order chi connectivity index (χ1) is 5.83. The average Bonchev–Trinajstić information content (AvgIpc) is 2.16. The Morgan fingerprint density at radius 2 is 2.00 bits per heavy atom. The Bertz CT molecular complexity index is 243. The molecule has 0 aliphatic carbocycles. The topological polar surface area (TPSA) is 31.2 Å². The minimum atomic E-state index is -0.0288. The monoisotopic (exact) mass is 162 g/mol. The van der Waals surface area contributed by atoms with Crippen molar-refractivity contribution in [2.24, 2.45) is 0 Å². The highest BCUT2D eigenvalue weighted by atomic mass is 16.1. The summed E-state index contributed by atoms with van der Waals surface area (Å²) in [6.45, 7) is 0. The third-order valence-corrected chi connectivity index (χ3v) is 1.72. The maximum absolute atomic E-state index is 10.8. The van der Waals surface area contributed by atoms with Gasteiger partial charge in [-0.25, -0.2) is 0 Å². The molecule has 12 heavy (non-hydrogen) atoms. The van der Waals surface area contributed by atoms with Crippen molar-refractivity contribution >= 4 is 5.91 Å². The highest BCUT2D eigenvalue weighted by Gasteiger charge is 1.98. The standard InChI is InChI=1S/C10H12NO/c1-11-10(12)8-7-9-5-3-2-4-6-9/h2-6H,7-8H2,1H3.